The maximum Gasteiger partial charge on any atom is 0.102 e. The Hall–Kier alpha value is 0.130. The molecule has 0 aromatic carbocycles. The van der Waals surface area contributed by atoms with Crippen molar-refractivity contribution in [1.29, 1.82) is 0 Å². The van der Waals surface area contributed by atoms with E-state index in [4.69, 9.17) is 7.85 Å². The Balaban J connectivity index is 3.83. The van der Waals surface area contributed by atoms with Crippen molar-refractivity contribution in [3.05, 3.63) is 0 Å². The first kappa shape index (κ1) is 11.1. The quantitative estimate of drug-likeness (QED) is 0.539. The highest BCUT2D eigenvalue weighted by molar-refractivity contribution is 6.52. The predicted octanol–water partition coefficient (Wildman–Crippen LogP) is 2.73. The maximum atomic E-state index is 6.00. The Morgan fingerprint density at radius 1 is 1.36 bits per heavy atom. The molecule has 61 valence electrons. The van der Waals surface area contributed by atoms with Gasteiger partial charge >= 0.3 is 0 Å². The molecule has 0 spiro atoms. The van der Waals surface area contributed by atoms with Crippen LogP contribution in [0.5, 0.6) is 0 Å². The topological polar surface area (TPSA) is 0 Å². The molecule has 0 fully saturated rings. The lowest BCUT2D eigenvalue weighted by Gasteiger charge is -2.28. The summed E-state index contributed by atoms with van der Waals surface area (Å²) in [5, 5.41) is -0.0797. The molecule has 0 nitrogen and oxygen atoms in total. The van der Waals surface area contributed by atoms with Crippen LogP contribution in [0.2, 0.25) is 12.0 Å². The zero-order chi connectivity index (χ0) is 9.07. The van der Waals surface area contributed by atoms with Gasteiger partial charge in [0.25, 0.3) is 0 Å². The number of hydrogen-bond acceptors (Lipinski definition) is 0. The summed E-state index contributed by atoms with van der Waals surface area (Å²) < 4.78 is 0. The van der Waals surface area contributed by atoms with Gasteiger partial charge in [0, 0.05) is 0 Å². The first-order chi connectivity index (χ1) is 4.89. The van der Waals surface area contributed by atoms with Gasteiger partial charge in [0.15, 0.2) is 0 Å². The summed E-state index contributed by atoms with van der Waals surface area (Å²) in [6.45, 7) is 10.9. The van der Waals surface area contributed by atoms with Crippen LogP contribution < -0.4 is 0 Å². The fourth-order valence-electron chi connectivity index (χ4n) is 1.05. The number of hydrogen-bond donors (Lipinski definition) is 0. The molecule has 0 aliphatic rings. The largest absolute Gasteiger partial charge is 0.102 e. The van der Waals surface area contributed by atoms with Gasteiger partial charge in [-0.15, -0.1) is 0 Å². The van der Waals surface area contributed by atoms with Gasteiger partial charge in [0.2, 0.25) is 0 Å². The normalized spacial score (nSPS) is 19.5. The lowest BCUT2D eigenvalue weighted by molar-refractivity contribution is 0.376. The van der Waals surface area contributed by atoms with Crippen molar-refractivity contribution in [3.8, 4) is 0 Å². The minimum atomic E-state index is -0.0797. The van der Waals surface area contributed by atoms with Crippen LogP contribution in [0.1, 0.15) is 34.1 Å². The van der Waals surface area contributed by atoms with E-state index in [1.807, 2.05) is 6.82 Å². The van der Waals surface area contributed by atoms with Gasteiger partial charge in [-0.05, 0) is 11.8 Å². The standard InChI is InChI=1S/C9H19B2/c1-7(2)8(3)6-9(4,10)11-5/h7-8H,6H2,1-5H3. The zero-order valence-corrected chi connectivity index (χ0v) is 8.52. The molecule has 2 unspecified atom stereocenters. The summed E-state index contributed by atoms with van der Waals surface area (Å²) in [4.78, 5) is 0. The van der Waals surface area contributed by atoms with Gasteiger partial charge in [-0.1, -0.05) is 46.2 Å². The lowest BCUT2D eigenvalue weighted by Crippen LogP contribution is -2.20. The van der Waals surface area contributed by atoms with Crippen LogP contribution >= 0.6 is 0 Å². The molecule has 2 atom stereocenters. The highest BCUT2D eigenvalue weighted by Gasteiger charge is 2.20. The third-order valence-corrected chi connectivity index (χ3v) is 2.56. The summed E-state index contributed by atoms with van der Waals surface area (Å²) in [5.41, 5.74) is 0. The Morgan fingerprint density at radius 2 is 1.82 bits per heavy atom. The van der Waals surface area contributed by atoms with E-state index in [0.717, 1.165) is 12.3 Å². The highest BCUT2D eigenvalue weighted by atomic mass is 14.2. The SMILES string of the molecule is [B]C(C)([B]C)CC(C)C(C)C. The predicted molar refractivity (Wildman–Crippen MR) is 54.4 cm³/mol. The van der Waals surface area contributed by atoms with Crippen molar-refractivity contribution in [3.63, 3.8) is 0 Å². The summed E-state index contributed by atoms with van der Waals surface area (Å²) in [7, 11) is 8.09. The number of rotatable bonds is 4. The van der Waals surface area contributed by atoms with E-state index in [1.165, 1.54) is 0 Å². The van der Waals surface area contributed by atoms with Gasteiger partial charge in [-0.25, -0.2) is 0 Å². The van der Waals surface area contributed by atoms with Crippen molar-refractivity contribution in [2.45, 2.75) is 46.2 Å². The van der Waals surface area contributed by atoms with Crippen LogP contribution in [0.4, 0.5) is 0 Å². The molecular weight excluding hydrogens is 130 g/mol. The fraction of sp³-hybridized carbons (Fsp3) is 1.00. The fourth-order valence-corrected chi connectivity index (χ4v) is 1.05. The molecule has 0 saturated heterocycles. The Morgan fingerprint density at radius 3 is 2.09 bits per heavy atom. The molecule has 0 aliphatic heterocycles. The molecule has 0 bridgehead atoms. The van der Waals surface area contributed by atoms with Gasteiger partial charge < -0.3 is 0 Å². The summed E-state index contributed by atoms with van der Waals surface area (Å²) >= 11 is 0. The molecule has 0 amide bonds. The average molecular weight is 149 g/mol. The van der Waals surface area contributed by atoms with E-state index in [0.29, 0.717) is 5.92 Å². The van der Waals surface area contributed by atoms with Crippen LogP contribution in [0.25, 0.3) is 0 Å². The highest BCUT2D eigenvalue weighted by Crippen LogP contribution is 2.31. The minimum absolute atomic E-state index is 0.0797. The first-order valence-electron chi connectivity index (χ1n) is 4.48. The minimum Gasteiger partial charge on any atom is -0.0938 e. The molecule has 0 heterocycles. The average Bonchev–Trinajstić information content (AvgIpc) is 1.87. The Kier molecular flexibility index (Phi) is 4.28. The first-order valence-corrected chi connectivity index (χ1v) is 4.48. The molecule has 0 saturated carbocycles. The molecular formula is C9H19B2. The van der Waals surface area contributed by atoms with E-state index in [2.05, 4.69) is 35.0 Å². The van der Waals surface area contributed by atoms with E-state index < -0.39 is 0 Å². The monoisotopic (exact) mass is 149 g/mol. The second kappa shape index (κ2) is 4.23. The van der Waals surface area contributed by atoms with Crippen molar-refractivity contribution in [2.24, 2.45) is 11.8 Å². The van der Waals surface area contributed by atoms with E-state index in [-0.39, 0.29) is 5.21 Å². The van der Waals surface area contributed by atoms with Gasteiger partial charge in [0.05, 0.1) is 7.85 Å². The van der Waals surface area contributed by atoms with Gasteiger partial charge in [-0.2, -0.15) is 0 Å². The molecule has 11 heavy (non-hydrogen) atoms. The third kappa shape index (κ3) is 4.55. The molecule has 0 aliphatic carbocycles. The van der Waals surface area contributed by atoms with Gasteiger partial charge in [-0.3, -0.25) is 0 Å². The zero-order valence-electron chi connectivity index (χ0n) is 8.52. The van der Waals surface area contributed by atoms with E-state index in [9.17, 15) is 0 Å². The van der Waals surface area contributed by atoms with Crippen LogP contribution in [-0.4, -0.2) is 15.1 Å². The van der Waals surface area contributed by atoms with Crippen molar-refractivity contribution >= 4 is 15.1 Å². The smallest absolute Gasteiger partial charge is 0.0938 e. The Labute approximate surface area is 73.8 Å². The van der Waals surface area contributed by atoms with Crippen LogP contribution in [0, 0.1) is 11.8 Å². The van der Waals surface area contributed by atoms with E-state index >= 15 is 0 Å². The van der Waals surface area contributed by atoms with Gasteiger partial charge in [0.1, 0.15) is 7.28 Å². The molecule has 0 aromatic rings. The molecule has 0 N–H and O–H groups in total. The second-order valence-electron chi connectivity index (χ2n) is 4.22. The van der Waals surface area contributed by atoms with Crippen molar-refractivity contribution in [2.75, 3.05) is 0 Å². The van der Waals surface area contributed by atoms with Crippen molar-refractivity contribution in [1.82, 2.24) is 0 Å². The second-order valence-corrected chi connectivity index (χ2v) is 4.22. The summed E-state index contributed by atoms with van der Waals surface area (Å²) in [5.74, 6) is 1.44. The van der Waals surface area contributed by atoms with Crippen LogP contribution in [0.3, 0.4) is 0 Å². The van der Waals surface area contributed by atoms with Crippen molar-refractivity contribution < 1.29 is 0 Å². The Bertz CT molecular complexity index is 108. The third-order valence-electron chi connectivity index (χ3n) is 2.56. The lowest BCUT2D eigenvalue weighted by atomic mass is 9.42. The van der Waals surface area contributed by atoms with E-state index in [1.54, 1.807) is 0 Å². The molecule has 2 heteroatoms. The molecule has 3 radical (unpaired) electrons. The molecule has 0 aromatic heterocycles. The summed E-state index contributed by atoms with van der Waals surface area (Å²) in [6.07, 6.45) is 1.08. The van der Waals surface area contributed by atoms with Crippen LogP contribution in [-0.2, 0) is 0 Å². The summed E-state index contributed by atoms with van der Waals surface area (Å²) in [6, 6.07) is 0. The van der Waals surface area contributed by atoms with Crippen LogP contribution in [0.15, 0.2) is 0 Å². The molecule has 0 rings (SSSR count). The maximum absolute atomic E-state index is 6.00.